The molecule has 4 N–H and O–H groups in total. The molecule has 0 saturated carbocycles. The van der Waals surface area contributed by atoms with Gasteiger partial charge in [0.1, 0.15) is 0 Å². The Labute approximate surface area is 319 Å². The molecule has 4 aromatic rings. The monoisotopic (exact) mass is 701 g/mol. The third-order valence-corrected chi connectivity index (χ3v) is 11.3. The lowest BCUT2D eigenvalue weighted by molar-refractivity contribution is 0.568. The minimum absolute atomic E-state index is 0.458. The summed E-state index contributed by atoms with van der Waals surface area (Å²) in [6.07, 6.45) is 28.8. The highest BCUT2D eigenvalue weighted by molar-refractivity contribution is 5.44. The molecule has 4 rings (SSSR count). The van der Waals surface area contributed by atoms with E-state index in [1.54, 1.807) is 0 Å². The molecule has 0 amide bonds. The van der Waals surface area contributed by atoms with Crippen molar-refractivity contribution in [3.05, 3.63) is 130 Å². The van der Waals surface area contributed by atoms with E-state index in [9.17, 15) is 0 Å². The Kier molecular flexibility index (Phi) is 19.6. The molecule has 0 radical (unpaired) electrons. The summed E-state index contributed by atoms with van der Waals surface area (Å²) in [5.74, 6) is 0.917. The van der Waals surface area contributed by atoms with Crippen LogP contribution in [0.25, 0.3) is 0 Å². The lowest BCUT2D eigenvalue weighted by Gasteiger charge is -2.19. The van der Waals surface area contributed by atoms with Gasteiger partial charge in [0.25, 0.3) is 0 Å². The molecule has 0 aliphatic carbocycles. The van der Waals surface area contributed by atoms with Crippen molar-refractivity contribution in [1.82, 2.24) is 0 Å². The molecule has 0 heterocycles. The van der Waals surface area contributed by atoms with Crippen molar-refractivity contribution in [3.63, 3.8) is 0 Å². The Morgan fingerprint density at radius 1 is 0.327 bits per heavy atom. The van der Waals surface area contributed by atoms with Crippen LogP contribution >= 0.6 is 0 Å². The predicted octanol–water partition coefficient (Wildman–Crippen LogP) is 14.7. The van der Waals surface area contributed by atoms with E-state index in [-0.39, 0.29) is 0 Å². The fourth-order valence-corrected chi connectivity index (χ4v) is 7.96. The smallest absolute Gasteiger partial charge is 0.0314 e. The normalized spacial score (nSPS) is 12.6. The van der Waals surface area contributed by atoms with Crippen LogP contribution in [0, 0.1) is 0 Å². The van der Waals surface area contributed by atoms with E-state index in [0.29, 0.717) is 11.8 Å². The summed E-state index contributed by atoms with van der Waals surface area (Å²) in [5.41, 5.74) is 22.4. The third kappa shape index (κ3) is 15.2. The van der Waals surface area contributed by atoms with E-state index < -0.39 is 0 Å². The lowest BCUT2D eigenvalue weighted by atomic mass is 9.86. The van der Waals surface area contributed by atoms with Gasteiger partial charge in [-0.15, -0.1) is 0 Å². The molecular weight excluding hydrogens is 629 g/mol. The Morgan fingerprint density at radius 2 is 0.596 bits per heavy atom. The van der Waals surface area contributed by atoms with Crippen molar-refractivity contribution in [2.75, 3.05) is 11.5 Å². The van der Waals surface area contributed by atoms with Crippen molar-refractivity contribution in [2.45, 2.75) is 167 Å². The fourth-order valence-electron chi connectivity index (χ4n) is 7.96. The molecule has 0 fully saturated rings. The lowest BCUT2D eigenvalue weighted by Crippen LogP contribution is -2.02. The van der Waals surface area contributed by atoms with Crippen molar-refractivity contribution in [2.24, 2.45) is 0 Å². The van der Waals surface area contributed by atoms with E-state index in [2.05, 4.69) is 111 Å². The van der Waals surface area contributed by atoms with Gasteiger partial charge < -0.3 is 11.5 Å². The average molecular weight is 701 g/mol. The van der Waals surface area contributed by atoms with Crippen LogP contribution in [0.4, 0.5) is 11.4 Å². The zero-order valence-electron chi connectivity index (χ0n) is 33.1. The van der Waals surface area contributed by atoms with E-state index in [4.69, 9.17) is 11.5 Å². The van der Waals surface area contributed by atoms with Gasteiger partial charge in [-0.05, 0) is 96.2 Å². The van der Waals surface area contributed by atoms with Crippen molar-refractivity contribution in [3.8, 4) is 0 Å². The highest BCUT2D eigenvalue weighted by Crippen LogP contribution is 2.33. The zero-order valence-corrected chi connectivity index (χ0v) is 33.1. The molecule has 0 aromatic heterocycles. The van der Waals surface area contributed by atoms with Gasteiger partial charge in [-0.2, -0.15) is 0 Å². The Morgan fingerprint density at radius 3 is 0.923 bits per heavy atom. The van der Waals surface area contributed by atoms with Crippen LogP contribution in [0.3, 0.4) is 0 Å². The van der Waals surface area contributed by atoms with Crippen molar-refractivity contribution in [1.29, 1.82) is 0 Å². The van der Waals surface area contributed by atoms with Crippen LogP contribution in [0.15, 0.2) is 97.1 Å². The molecule has 2 nitrogen and oxygen atoms in total. The minimum atomic E-state index is 0.458. The van der Waals surface area contributed by atoms with E-state index in [1.165, 1.54) is 175 Å². The quantitative estimate of drug-likeness (QED) is 0.0480. The predicted molar refractivity (Wildman–Crippen MR) is 229 cm³/mol. The van der Waals surface area contributed by atoms with Gasteiger partial charge in [0.05, 0.1) is 0 Å². The van der Waals surface area contributed by atoms with Crippen LogP contribution in [-0.4, -0.2) is 0 Å². The van der Waals surface area contributed by atoms with Gasteiger partial charge in [-0.3, -0.25) is 0 Å². The molecule has 4 aromatic carbocycles. The SMILES string of the molecule is CCCCCCCCC(c1ccc(N)cc1)c1ccc(CCCCCCCCc2ccc(C(CCCCCCCC)c3ccc(N)cc3)cc2)cc1. The number of anilines is 2. The molecule has 0 aliphatic rings. The van der Waals surface area contributed by atoms with Gasteiger partial charge in [-0.1, -0.05) is 189 Å². The second-order valence-corrected chi connectivity index (χ2v) is 15.7. The molecule has 2 atom stereocenters. The summed E-state index contributed by atoms with van der Waals surface area (Å²) in [6.45, 7) is 4.58. The number of benzene rings is 4. The molecule has 282 valence electrons. The van der Waals surface area contributed by atoms with Crippen LogP contribution in [0.2, 0.25) is 0 Å². The molecule has 52 heavy (non-hydrogen) atoms. The number of aryl methyl sites for hydroxylation is 2. The van der Waals surface area contributed by atoms with Crippen LogP contribution in [-0.2, 0) is 12.8 Å². The summed E-state index contributed by atoms with van der Waals surface area (Å²) >= 11 is 0. The summed E-state index contributed by atoms with van der Waals surface area (Å²) in [5, 5.41) is 0. The first-order valence-electron chi connectivity index (χ1n) is 21.5. The number of nitrogens with two attached hydrogens (primary N) is 2. The highest BCUT2D eigenvalue weighted by atomic mass is 14.5. The van der Waals surface area contributed by atoms with Crippen LogP contribution in [0.5, 0.6) is 0 Å². The highest BCUT2D eigenvalue weighted by Gasteiger charge is 2.16. The zero-order chi connectivity index (χ0) is 36.6. The first-order valence-corrected chi connectivity index (χ1v) is 21.5. The maximum atomic E-state index is 6.02. The molecular formula is C50H72N2. The maximum Gasteiger partial charge on any atom is 0.0314 e. The summed E-state index contributed by atoms with van der Waals surface area (Å²) in [4.78, 5) is 0. The number of nitrogen functional groups attached to an aromatic ring is 2. The van der Waals surface area contributed by atoms with Crippen LogP contribution in [0.1, 0.15) is 187 Å². The Balaban J connectivity index is 1.14. The third-order valence-electron chi connectivity index (χ3n) is 11.3. The van der Waals surface area contributed by atoms with Crippen molar-refractivity contribution >= 4 is 11.4 Å². The van der Waals surface area contributed by atoms with E-state index in [1.807, 2.05) is 0 Å². The standard InChI is InChI=1S/C50H72N2/c1-3-5-7-9-15-19-23-49(45-33-37-47(51)38-34-45)43-29-25-41(26-30-43)21-17-13-11-12-14-18-22-42-27-31-44(32-28-42)50(24-20-16-10-8-6-4-2)46-35-39-48(52)40-36-46/h25-40,49-50H,3-24,51-52H2,1-2H3. The first-order chi connectivity index (χ1) is 25.6. The van der Waals surface area contributed by atoms with Crippen LogP contribution < -0.4 is 11.5 Å². The van der Waals surface area contributed by atoms with E-state index in [0.717, 1.165) is 11.4 Å². The van der Waals surface area contributed by atoms with Gasteiger partial charge in [0, 0.05) is 23.2 Å². The topological polar surface area (TPSA) is 52.0 Å². The summed E-state index contributed by atoms with van der Waals surface area (Å²) in [6, 6.07) is 36.3. The number of hydrogen-bond acceptors (Lipinski definition) is 2. The molecule has 2 unspecified atom stereocenters. The van der Waals surface area contributed by atoms with Crippen molar-refractivity contribution < 1.29 is 0 Å². The minimum Gasteiger partial charge on any atom is -0.399 e. The van der Waals surface area contributed by atoms with Gasteiger partial charge >= 0.3 is 0 Å². The molecule has 2 heteroatoms. The van der Waals surface area contributed by atoms with Gasteiger partial charge in [-0.25, -0.2) is 0 Å². The average Bonchev–Trinajstić information content (AvgIpc) is 3.17. The molecule has 0 saturated heterocycles. The second kappa shape index (κ2) is 24.7. The fraction of sp³-hybridized carbons (Fsp3) is 0.520. The molecule has 0 aliphatic heterocycles. The molecule has 0 spiro atoms. The van der Waals surface area contributed by atoms with E-state index >= 15 is 0 Å². The summed E-state index contributed by atoms with van der Waals surface area (Å²) in [7, 11) is 0. The van der Waals surface area contributed by atoms with Gasteiger partial charge in [0.2, 0.25) is 0 Å². The largest absolute Gasteiger partial charge is 0.399 e. The Hall–Kier alpha value is -3.52. The summed E-state index contributed by atoms with van der Waals surface area (Å²) < 4.78 is 0. The first kappa shape index (κ1) is 41.2. The Bertz CT molecular complexity index is 1340. The second-order valence-electron chi connectivity index (χ2n) is 15.7. The number of unbranched alkanes of at least 4 members (excludes halogenated alkanes) is 15. The maximum absolute atomic E-state index is 6.02. The molecule has 0 bridgehead atoms. The number of hydrogen-bond donors (Lipinski definition) is 2. The number of rotatable bonds is 27. The van der Waals surface area contributed by atoms with Gasteiger partial charge in [0.15, 0.2) is 0 Å².